The third-order valence-electron chi connectivity index (χ3n) is 1.70. The summed E-state index contributed by atoms with van der Waals surface area (Å²) in [6.45, 7) is 0. The molecule has 5 heteroatoms. The van der Waals surface area contributed by atoms with E-state index in [2.05, 4.69) is 26.0 Å². The van der Waals surface area contributed by atoms with Crippen LogP contribution >= 0.6 is 0 Å². The Bertz CT molecular complexity index is 376. The van der Waals surface area contributed by atoms with Gasteiger partial charge in [0.05, 0.1) is 0 Å². The number of benzene rings is 1. The molecule has 1 aromatic rings. The minimum atomic E-state index is -0.302. The van der Waals surface area contributed by atoms with Crippen LogP contribution in [0.3, 0.4) is 0 Å². The van der Waals surface area contributed by atoms with E-state index in [1.165, 1.54) is 0 Å². The zero-order valence-corrected chi connectivity index (χ0v) is 12.4. The normalized spacial score (nSPS) is 11.2. The third-order valence-corrected chi connectivity index (χ3v) is 5.50. The van der Waals surface area contributed by atoms with Gasteiger partial charge in [-0.3, -0.25) is 0 Å². The third kappa shape index (κ3) is 3.96. The molecule has 0 saturated heterocycles. The van der Waals surface area contributed by atoms with Crippen LogP contribution in [0.1, 0.15) is 10.4 Å². The quantitative estimate of drug-likeness (QED) is 0.580. The van der Waals surface area contributed by atoms with E-state index in [0.29, 0.717) is 5.56 Å². The summed E-state index contributed by atoms with van der Waals surface area (Å²) in [5, 5.41) is 0. The molecule has 1 rings (SSSR count). The Labute approximate surface area is 107 Å². The predicted octanol–water partition coefficient (Wildman–Crippen LogP) is 1.11. The Balaban J connectivity index is 2.83. The maximum atomic E-state index is 11.6. The summed E-state index contributed by atoms with van der Waals surface area (Å²) < 4.78 is 5.85. The van der Waals surface area contributed by atoms with Crippen LogP contribution in [0.4, 0.5) is 0 Å². The molecular weight excluding hydrogens is 373 g/mol. The van der Waals surface area contributed by atoms with E-state index >= 15 is 0 Å². The average Bonchev–Trinajstić information content (AvgIpc) is 2.29. The predicted molar refractivity (Wildman–Crippen MR) is 62.1 cm³/mol. The molecule has 0 unspecified atom stereocenters. The van der Waals surface area contributed by atoms with Gasteiger partial charge >= 0.3 is 108 Å². The van der Waals surface area contributed by atoms with E-state index in [9.17, 15) is 4.79 Å². The fraction of sp³-hybridized carbons (Fsp3) is 0.200. The number of hydrogen-bond donors (Lipinski definition) is 0. The first kappa shape index (κ1) is 12.7. The molecule has 0 N–H and O–H groups in total. The molecule has 0 spiro atoms. The fourth-order valence-corrected chi connectivity index (χ4v) is 1.60. The number of methoxy groups -OCH3 is 1. The molecule has 0 bridgehead atoms. The number of carbonyl (C=O) groups excluding carboxylic acids is 1. The number of hydrogen-bond acceptors (Lipinski definition) is 2. The SMILES string of the molecule is COc1ccc(C(=O)N=C([Se])[Te]C)cc1. The standard InChI is InChI=1S/C10H10NO2SeTe/c1-13-8-5-3-7(4-6-8)9(12)11-10(14)15-2/h3-6H,1-2H3. The first-order chi connectivity index (χ1) is 7.17. The van der Waals surface area contributed by atoms with Gasteiger partial charge in [-0.25, -0.2) is 0 Å². The molecule has 0 fully saturated rings. The van der Waals surface area contributed by atoms with E-state index in [0.717, 1.165) is 8.41 Å². The molecule has 1 amide bonds. The Kier molecular flexibility index (Phi) is 5.35. The van der Waals surface area contributed by atoms with Crippen LogP contribution in [0.25, 0.3) is 0 Å². The van der Waals surface area contributed by atoms with Crippen LogP contribution in [0.15, 0.2) is 29.3 Å². The fourth-order valence-electron chi connectivity index (χ4n) is 0.927. The first-order valence-electron chi connectivity index (χ1n) is 4.15. The van der Waals surface area contributed by atoms with Crippen LogP contribution in [-0.4, -0.2) is 52.6 Å². The van der Waals surface area contributed by atoms with Gasteiger partial charge in [-0.05, 0) is 0 Å². The Morgan fingerprint density at radius 3 is 2.47 bits per heavy atom. The van der Waals surface area contributed by atoms with Gasteiger partial charge in [0.2, 0.25) is 0 Å². The molecule has 0 aliphatic rings. The number of nitrogens with zero attached hydrogens (tertiary/aromatic N) is 1. The molecular formula is C10H10NO2SeTe. The zero-order chi connectivity index (χ0) is 11.3. The van der Waals surface area contributed by atoms with E-state index in [-0.39, 0.29) is 26.8 Å². The van der Waals surface area contributed by atoms with Gasteiger partial charge in [0.25, 0.3) is 0 Å². The van der Waals surface area contributed by atoms with Gasteiger partial charge in [0, 0.05) is 0 Å². The number of amides is 1. The van der Waals surface area contributed by atoms with Crippen molar-refractivity contribution in [2.75, 3.05) is 7.11 Å². The summed E-state index contributed by atoms with van der Waals surface area (Å²) in [6, 6.07) is 6.94. The van der Waals surface area contributed by atoms with Gasteiger partial charge in [0.15, 0.2) is 0 Å². The summed E-state index contributed by atoms with van der Waals surface area (Å²) in [7, 11) is 1.59. The molecule has 0 heterocycles. The van der Waals surface area contributed by atoms with Crippen molar-refractivity contribution in [3.05, 3.63) is 29.8 Å². The molecule has 0 aromatic heterocycles. The number of carbonyl (C=O) groups is 1. The number of rotatable bonds is 3. The molecule has 0 saturated carbocycles. The van der Waals surface area contributed by atoms with Crippen LogP contribution in [0.2, 0.25) is 4.97 Å². The van der Waals surface area contributed by atoms with Gasteiger partial charge in [-0.1, -0.05) is 0 Å². The molecule has 0 aliphatic carbocycles. The number of ether oxygens (including phenoxy) is 1. The van der Waals surface area contributed by atoms with Crippen molar-refractivity contribution in [3.63, 3.8) is 0 Å². The van der Waals surface area contributed by atoms with E-state index in [4.69, 9.17) is 4.74 Å². The van der Waals surface area contributed by atoms with Crippen molar-refractivity contribution in [1.82, 2.24) is 0 Å². The van der Waals surface area contributed by atoms with Crippen molar-refractivity contribution in [3.8, 4) is 5.75 Å². The second-order valence-electron chi connectivity index (χ2n) is 2.62. The summed E-state index contributed by atoms with van der Waals surface area (Å²) in [4.78, 5) is 17.6. The summed E-state index contributed by atoms with van der Waals surface area (Å²) >= 11 is 2.51. The summed E-state index contributed by atoms with van der Waals surface area (Å²) in [5.74, 6) is 0.543. The van der Waals surface area contributed by atoms with Gasteiger partial charge in [0.1, 0.15) is 0 Å². The average molecular weight is 383 g/mol. The van der Waals surface area contributed by atoms with Crippen molar-refractivity contribution in [2.45, 2.75) is 4.97 Å². The Hall–Kier alpha value is -0.331. The first-order valence-corrected chi connectivity index (χ1v) is 8.50. The van der Waals surface area contributed by atoms with E-state index in [1.807, 2.05) is 0 Å². The van der Waals surface area contributed by atoms with E-state index < -0.39 is 0 Å². The van der Waals surface area contributed by atoms with Crippen LogP contribution in [0.5, 0.6) is 5.75 Å². The Morgan fingerprint density at radius 2 is 2.00 bits per heavy atom. The summed E-state index contributed by atoms with van der Waals surface area (Å²) in [6.07, 6.45) is 0. The van der Waals surface area contributed by atoms with Crippen LogP contribution in [-0.2, 0) is 0 Å². The molecule has 1 radical (unpaired) electrons. The van der Waals surface area contributed by atoms with Crippen LogP contribution < -0.4 is 4.74 Å². The molecule has 79 valence electrons. The second kappa shape index (κ2) is 6.29. The zero-order valence-electron chi connectivity index (χ0n) is 8.39. The van der Waals surface area contributed by atoms with E-state index in [1.54, 1.807) is 31.4 Å². The van der Waals surface area contributed by atoms with Crippen molar-refractivity contribution in [1.29, 1.82) is 0 Å². The molecule has 1 aromatic carbocycles. The number of aliphatic imine (C=N–C) groups is 1. The topological polar surface area (TPSA) is 38.7 Å². The molecule has 3 nitrogen and oxygen atoms in total. The van der Waals surface area contributed by atoms with Crippen molar-refractivity contribution < 1.29 is 9.53 Å². The van der Waals surface area contributed by atoms with Crippen molar-refractivity contribution in [2.24, 2.45) is 4.99 Å². The Morgan fingerprint density at radius 1 is 1.40 bits per heavy atom. The second-order valence-corrected chi connectivity index (χ2v) is 7.51. The minimum absolute atomic E-state index is 0.196. The van der Waals surface area contributed by atoms with Crippen LogP contribution in [0, 0.1) is 0 Å². The monoisotopic (exact) mass is 386 g/mol. The van der Waals surface area contributed by atoms with Crippen molar-refractivity contribution >= 4 is 45.5 Å². The maximum absolute atomic E-state index is 11.6. The summed E-state index contributed by atoms with van der Waals surface area (Å²) in [5.41, 5.74) is 0.587. The molecule has 15 heavy (non-hydrogen) atoms. The molecule has 0 aliphatic heterocycles. The van der Waals surface area contributed by atoms with Gasteiger partial charge in [-0.2, -0.15) is 0 Å². The van der Waals surface area contributed by atoms with Gasteiger partial charge in [-0.15, -0.1) is 0 Å². The van der Waals surface area contributed by atoms with Gasteiger partial charge < -0.3 is 0 Å². The molecule has 0 atom stereocenters.